The van der Waals surface area contributed by atoms with E-state index in [1.54, 1.807) is 0 Å². The average Bonchev–Trinajstić information content (AvgIpc) is 0.981. The van der Waals surface area contributed by atoms with Crippen LogP contribution in [-0.4, -0.2) is 96.7 Å². The van der Waals surface area contributed by atoms with E-state index < -0.39 is 97.5 Å². The van der Waals surface area contributed by atoms with Crippen LogP contribution in [0.1, 0.15) is 427 Å². The van der Waals surface area contributed by atoms with Gasteiger partial charge in [0.15, 0.2) is 12.2 Å². The SMILES string of the molecule is CCCCCCCCCCCCCCCCCCCCCCCCC(=O)O[C@H](COC(=O)CCCCCCCCCCCCCCCCCCC)COP(=O)(O)OC[C@@H](O)COP(=O)(O)OC[C@@H](COC(=O)CCCCCCCCCC(C)C)OC(=O)CCCCCCCCCCC(C)C. The molecule has 0 rings (SSSR count). The summed E-state index contributed by atoms with van der Waals surface area (Å²) in [6.45, 7) is 9.53. The molecule has 0 aromatic rings. The molecule has 19 heteroatoms. The highest BCUT2D eigenvalue weighted by Crippen LogP contribution is 2.45. The summed E-state index contributed by atoms with van der Waals surface area (Å²) in [5, 5.41) is 10.6. The normalized spacial score (nSPS) is 13.9. The van der Waals surface area contributed by atoms with E-state index in [0.29, 0.717) is 31.6 Å². The molecule has 0 radical (unpaired) electrons. The molecule has 0 aliphatic carbocycles. The summed E-state index contributed by atoms with van der Waals surface area (Å²) in [5.41, 5.74) is 0. The molecule has 0 bridgehead atoms. The van der Waals surface area contributed by atoms with E-state index in [1.807, 2.05) is 0 Å². The molecule has 594 valence electrons. The van der Waals surface area contributed by atoms with Crippen LogP contribution >= 0.6 is 15.6 Å². The fourth-order valence-corrected chi connectivity index (χ4v) is 14.1. The van der Waals surface area contributed by atoms with Crippen molar-refractivity contribution in [1.82, 2.24) is 0 Å². The molecule has 2 unspecified atom stereocenters. The maximum absolute atomic E-state index is 13.1. The first kappa shape index (κ1) is 98.1. The van der Waals surface area contributed by atoms with Gasteiger partial charge in [-0.25, -0.2) is 9.13 Å². The van der Waals surface area contributed by atoms with Gasteiger partial charge in [0.2, 0.25) is 0 Å². The number of aliphatic hydroxyl groups is 1. The molecule has 5 atom stereocenters. The Morgan fingerprint density at radius 3 is 0.680 bits per heavy atom. The standard InChI is InChI=1S/C81H158O17P2/c1-7-9-11-13-15-17-19-21-23-25-26-27-28-29-31-33-35-37-39-46-53-59-65-80(85)97-76(69-91-78(83)63-57-51-45-38-36-34-32-30-24-22-20-18-16-14-12-10-8-2)71-95-99(87,88)93-67-75(82)68-94-100(89,90)96-72-77(70-92-79(84)64-58-52-48-42-44-50-56-62-74(5)6)98-81(86)66-60-54-47-41-40-43-49-55-61-73(3)4/h73-77,82H,7-72H2,1-6H3,(H,87,88)(H,89,90)/t75-,76-,77-/m1/s1. The second kappa shape index (κ2) is 72.6. The van der Waals surface area contributed by atoms with Gasteiger partial charge in [0.05, 0.1) is 26.4 Å². The molecule has 0 aliphatic rings. The molecule has 0 amide bonds. The van der Waals surface area contributed by atoms with Crippen molar-refractivity contribution >= 4 is 39.5 Å². The third kappa shape index (κ3) is 74.3. The smallest absolute Gasteiger partial charge is 0.462 e. The Bertz CT molecular complexity index is 1920. The lowest BCUT2D eigenvalue weighted by Crippen LogP contribution is -2.30. The summed E-state index contributed by atoms with van der Waals surface area (Å²) in [6.07, 6.45) is 62.8. The van der Waals surface area contributed by atoms with Crippen molar-refractivity contribution in [2.75, 3.05) is 39.6 Å². The van der Waals surface area contributed by atoms with E-state index in [0.717, 1.165) is 102 Å². The largest absolute Gasteiger partial charge is 0.472 e. The van der Waals surface area contributed by atoms with Crippen molar-refractivity contribution in [2.45, 2.75) is 445 Å². The summed E-state index contributed by atoms with van der Waals surface area (Å²) >= 11 is 0. The van der Waals surface area contributed by atoms with Gasteiger partial charge in [0.1, 0.15) is 19.3 Å². The number of esters is 4. The van der Waals surface area contributed by atoms with Crippen LogP contribution in [0.3, 0.4) is 0 Å². The van der Waals surface area contributed by atoms with Crippen molar-refractivity contribution in [3.63, 3.8) is 0 Å². The summed E-state index contributed by atoms with van der Waals surface area (Å²) < 4.78 is 68.6. The Balaban J connectivity index is 5.19. The number of carbonyl (C=O) groups excluding carboxylic acids is 4. The number of aliphatic hydroxyl groups excluding tert-OH is 1. The lowest BCUT2D eigenvalue weighted by atomic mass is 10.0. The second-order valence-corrected chi connectivity index (χ2v) is 33.0. The highest BCUT2D eigenvalue weighted by molar-refractivity contribution is 7.47. The third-order valence-electron chi connectivity index (χ3n) is 19.0. The molecule has 0 saturated heterocycles. The van der Waals surface area contributed by atoms with Crippen LogP contribution in [0.25, 0.3) is 0 Å². The van der Waals surface area contributed by atoms with Crippen LogP contribution < -0.4 is 0 Å². The van der Waals surface area contributed by atoms with Gasteiger partial charge >= 0.3 is 39.5 Å². The lowest BCUT2D eigenvalue weighted by Gasteiger charge is -2.21. The van der Waals surface area contributed by atoms with Crippen LogP contribution in [0.2, 0.25) is 0 Å². The van der Waals surface area contributed by atoms with Crippen molar-refractivity contribution in [1.29, 1.82) is 0 Å². The molecule has 0 spiro atoms. The number of phosphoric acid groups is 2. The summed E-state index contributed by atoms with van der Waals surface area (Å²) in [4.78, 5) is 72.9. The minimum Gasteiger partial charge on any atom is -0.462 e. The fourth-order valence-electron chi connectivity index (χ4n) is 12.5. The summed E-state index contributed by atoms with van der Waals surface area (Å²) in [5.74, 6) is -0.690. The predicted octanol–water partition coefficient (Wildman–Crippen LogP) is 24.3. The van der Waals surface area contributed by atoms with E-state index in [2.05, 4.69) is 41.5 Å². The minimum atomic E-state index is -4.96. The van der Waals surface area contributed by atoms with Crippen LogP contribution in [0.4, 0.5) is 0 Å². The maximum atomic E-state index is 13.1. The Labute approximate surface area is 613 Å². The van der Waals surface area contributed by atoms with E-state index in [9.17, 15) is 43.2 Å². The molecule has 0 aromatic heterocycles. The first-order valence-corrected chi connectivity index (χ1v) is 45.0. The first-order valence-electron chi connectivity index (χ1n) is 42.0. The fraction of sp³-hybridized carbons (Fsp3) is 0.951. The monoisotopic (exact) mass is 1470 g/mol. The minimum absolute atomic E-state index is 0.104. The molecule has 0 saturated carbocycles. The lowest BCUT2D eigenvalue weighted by molar-refractivity contribution is -0.161. The maximum Gasteiger partial charge on any atom is 0.472 e. The zero-order valence-corrected chi connectivity index (χ0v) is 67.3. The number of ether oxygens (including phenoxy) is 4. The molecular formula is C81H158O17P2. The molecule has 0 fully saturated rings. The summed E-state index contributed by atoms with van der Waals surface area (Å²) in [7, 11) is -9.92. The van der Waals surface area contributed by atoms with Crippen molar-refractivity contribution in [2.24, 2.45) is 11.8 Å². The number of unbranched alkanes of at least 4 members (excludes halogenated alkanes) is 50. The predicted molar refractivity (Wildman–Crippen MR) is 409 cm³/mol. The number of hydrogen-bond donors (Lipinski definition) is 3. The molecule has 0 aromatic carbocycles. The van der Waals surface area contributed by atoms with Gasteiger partial charge in [-0.2, -0.15) is 0 Å². The van der Waals surface area contributed by atoms with Crippen LogP contribution in [0.15, 0.2) is 0 Å². The van der Waals surface area contributed by atoms with E-state index in [4.69, 9.17) is 37.0 Å². The number of carbonyl (C=O) groups is 4. The van der Waals surface area contributed by atoms with Crippen molar-refractivity contribution in [3.05, 3.63) is 0 Å². The molecule has 100 heavy (non-hydrogen) atoms. The molecule has 17 nitrogen and oxygen atoms in total. The van der Waals surface area contributed by atoms with Gasteiger partial charge in [0, 0.05) is 25.7 Å². The third-order valence-corrected chi connectivity index (χ3v) is 20.9. The summed E-state index contributed by atoms with van der Waals surface area (Å²) in [6, 6.07) is 0. The van der Waals surface area contributed by atoms with Crippen LogP contribution in [0, 0.1) is 11.8 Å². The van der Waals surface area contributed by atoms with Gasteiger partial charge < -0.3 is 33.8 Å². The molecule has 0 aliphatic heterocycles. The molecule has 0 heterocycles. The van der Waals surface area contributed by atoms with E-state index >= 15 is 0 Å². The van der Waals surface area contributed by atoms with Crippen LogP contribution in [0.5, 0.6) is 0 Å². The highest BCUT2D eigenvalue weighted by atomic mass is 31.2. The second-order valence-electron chi connectivity index (χ2n) is 30.1. The van der Waals surface area contributed by atoms with Gasteiger partial charge in [-0.15, -0.1) is 0 Å². The Morgan fingerprint density at radius 1 is 0.270 bits per heavy atom. The molecular weight excluding hydrogens is 1310 g/mol. The Morgan fingerprint density at radius 2 is 0.460 bits per heavy atom. The van der Waals surface area contributed by atoms with Crippen LogP contribution in [-0.2, 0) is 65.4 Å². The van der Waals surface area contributed by atoms with Crippen molar-refractivity contribution in [3.8, 4) is 0 Å². The van der Waals surface area contributed by atoms with E-state index in [1.165, 1.54) is 238 Å². The number of phosphoric ester groups is 2. The highest BCUT2D eigenvalue weighted by Gasteiger charge is 2.30. The van der Waals surface area contributed by atoms with Crippen molar-refractivity contribution < 1.29 is 80.2 Å². The van der Waals surface area contributed by atoms with Gasteiger partial charge in [-0.05, 0) is 37.5 Å². The Kier molecular flexibility index (Phi) is 71.2. The quantitative estimate of drug-likeness (QED) is 0.0222. The zero-order chi connectivity index (χ0) is 73.5. The topological polar surface area (TPSA) is 237 Å². The number of hydrogen-bond acceptors (Lipinski definition) is 15. The van der Waals surface area contributed by atoms with Gasteiger partial charge in [-0.1, -0.05) is 375 Å². The molecule has 3 N–H and O–H groups in total. The average molecular weight is 1470 g/mol. The zero-order valence-electron chi connectivity index (χ0n) is 65.5. The van der Waals surface area contributed by atoms with Gasteiger partial charge in [-0.3, -0.25) is 37.3 Å². The van der Waals surface area contributed by atoms with E-state index in [-0.39, 0.29) is 25.7 Å². The van der Waals surface area contributed by atoms with Gasteiger partial charge in [0.25, 0.3) is 0 Å². The first-order chi connectivity index (χ1) is 48.4. The number of rotatable bonds is 80. The Hall–Kier alpha value is -1.94.